The molecule has 0 spiro atoms. The first kappa shape index (κ1) is 25.2. The number of carbonyl (C=O) groups is 1. The van der Waals surface area contributed by atoms with Crippen molar-refractivity contribution in [2.75, 3.05) is 13.2 Å². The number of amides is 1. The molecule has 2 aromatic rings. The Kier molecular flexibility index (Phi) is 8.33. The van der Waals surface area contributed by atoms with Crippen molar-refractivity contribution in [3.8, 4) is 5.75 Å². The number of nitrogens with zero attached hydrogens (tertiary/aromatic N) is 1. The van der Waals surface area contributed by atoms with Gasteiger partial charge in [-0.05, 0) is 55.4 Å². The molecule has 2 aliphatic carbocycles. The van der Waals surface area contributed by atoms with Crippen molar-refractivity contribution in [3.63, 3.8) is 0 Å². The van der Waals surface area contributed by atoms with E-state index in [1.165, 1.54) is 12.0 Å². The number of fused-ring (bicyclic) bond motifs is 1. The van der Waals surface area contributed by atoms with E-state index in [0.717, 1.165) is 49.1 Å². The zero-order valence-electron chi connectivity index (χ0n) is 21.2. The molecule has 3 aliphatic rings. The molecular formula is C30H36N4O3. The van der Waals surface area contributed by atoms with Gasteiger partial charge in [0.05, 0.1) is 5.57 Å². The third-order valence-electron chi connectivity index (χ3n) is 7.47. The monoisotopic (exact) mass is 500 g/mol. The highest BCUT2D eigenvalue weighted by Crippen LogP contribution is 2.37. The van der Waals surface area contributed by atoms with Gasteiger partial charge in [0.2, 0.25) is 0 Å². The molecule has 1 unspecified atom stereocenters. The maximum absolute atomic E-state index is 13.5. The van der Waals surface area contributed by atoms with E-state index in [4.69, 9.17) is 9.73 Å². The first-order valence-electron chi connectivity index (χ1n) is 13.4. The topological polar surface area (TPSA) is 95.0 Å². The van der Waals surface area contributed by atoms with Gasteiger partial charge < -0.3 is 10.1 Å². The molecule has 2 atom stereocenters. The van der Waals surface area contributed by atoms with E-state index in [2.05, 4.69) is 28.2 Å². The van der Waals surface area contributed by atoms with Crippen LogP contribution in [0.1, 0.15) is 56.4 Å². The molecule has 1 aliphatic heterocycles. The molecule has 0 bridgehead atoms. The third kappa shape index (κ3) is 6.29. The molecule has 7 nitrogen and oxygen atoms in total. The largest absolute Gasteiger partial charge is 0.492 e. The number of ether oxygens (including phenoxy) is 1. The SMILES string of the molecule is O=C(NC1CCCCC1)C1=CC2=C(NO)CC(c3ccccc3)CC2=N[C@H]1NCCOc1ccccc1. The number of carbonyl (C=O) groups excluding carboxylic acids is 1. The fourth-order valence-electron chi connectivity index (χ4n) is 5.51. The van der Waals surface area contributed by atoms with Crippen molar-refractivity contribution in [2.24, 2.45) is 4.99 Å². The van der Waals surface area contributed by atoms with Crippen molar-refractivity contribution < 1.29 is 14.7 Å². The Hall–Kier alpha value is -3.42. The molecule has 2 aromatic carbocycles. The average molecular weight is 501 g/mol. The van der Waals surface area contributed by atoms with Gasteiger partial charge in [0.15, 0.2) is 0 Å². The fraction of sp³-hybridized carbons (Fsp3) is 0.400. The Labute approximate surface area is 218 Å². The van der Waals surface area contributed by atoms with Crippen LogP contribution in [0.25, 0.3) is 0 Å². The summed E-state index contributed by atoms with van der Waals surface area (Å²) >= 11 is 0. The van der Waals surface area contributed by atoms with Crippen molar-refractivity contribution in [3.05, 3.63) is 89.1 Å². The molecule has 4 N–H and O–H groups in total. The number of benzene rings is 2. The van der Waals surface area contributed by atoms with Gasteiger partial charge in [-0.2, -0.15) is 0 Å². The first-order chi connectivity index (χ1) is 18.2. The molecule has 37 heavy (non-hydrogen) atoms. The second kappa shape index (κ2) is 12.2. The molecule has 194 valence electrons. The van der Waals surface area contributed by atoms with Gasteiger partial charge in [-0.1, -0.05) is 67.8 Å². The number of rotatable bonds is 9. The van der Waals surface area contributed by atoms with Gasteiger partial charge in [0.1, 0.15) is 18.5 Å². The molecule has 0 aromatic heterocycles. The van der Waals surface area contributed by atoms with Crippen molar-refractivity contribution in [2.45, 2.75) is 63.1 Å². The summed E-state index contributed by atoms with van der Waals surface area (Å²) < 4.78 is 5.85. The summed E-state index contributed by atoms with van der Waals surface area (Å²) in [4.78, 5) is 18.5. The van der Waals surface area contributed by atoms with E-state index in [-0.39, 0.29) is 17.9 Å². The minimum absolute atomic E-state index is 0.0915. The van der Waals surface area contributed by atoms with Crippen LogP contribution in [0.3, 0.4) is 0 Å². The van der Waals surface area contributed by atoms with Crippen LogP contribution < -0.4 is 20.9 Å². The Balaban J connectivity index is 1.36. The van der Waals surface area contributed by atoms with E-state index < -0.39 is 6.17 Å². The van der Waals surface area contributed by atoms with E-state index >= 15 is 0 Å². The highest BCUT2D eigenvalue weighted by atomic mass is 16.5. The molecule has 0 saturated heterocycles. The Morgan fingerprint density at radius 3 is 2.43 bits per heavy atom. The summed E-state index contributed by atoms with van der Waals surface area (Å²) in [6, 6.07) is 20.2. The number of hydroxylamine groups is 1. The number of hydrogen-bond donors (Lipinski definition) is 4. The molecule has 0 radical (unpaired) electrons. The summed E-state index contributed by atoms with van der Waals surface area (Å²) in [5.41, 5.74) is 6.62. The number of dihydropyridines is 1. The number of hydrogen-bond acceptors (Lipinski definition) is 6. The molecule has 1 fully saturated rings. The van der Waals surface area contributed by atoms with Crippen molar-refractivity contribution >= 4 is 11.6 Å². The van der Waals surface area contributed by atoms with E-state index in [0.29, 0.717) is 30.8 Å². The predicted octanol–water partition coefficient (Wildman–Crippen LogP) is 4.62. The Morgan fingerprint density at radius 2 is 1.70 bits per heavy atom. The molecule has 7 heteroatoms. The van der Waals surface area contributed by atoms with Gasteiger partial charge >= 0.3 is 0 Å². The van der Waals surface area contributed by atoms with Crippen LogP contribution in [0.15, 0.2) is 88.6 Å². The van der Waals surface area contributed by atoms with E-state index in [1.54, 1.807) is 0 Å². The van der Waals surface area contributed by atoms with Gasteiger partial charge in [-0.25, -0.2) is 0 Å². The summed E-state index contributed by atoms with van der Waals surface area (Å²) in [5, 5.41) is 16.7. The van der Waals surface area contributed by atoms with Crippen LogP contribution in [0, 0.1) is 0 Å². The number of aliphatic imine (C=N–C) groups is 1. The zero-order chi connectivity index (χ0) is 25.5. The summed E-state index contributed by atoms with van der Waals surface area (Å²) in [6.07, 6.45) is 8.40. The lowest BCUT2D eigenvalue weighted by molar-refractivity contribution is -0.118. The quantitative estimate of drug-likeness (QED) is 0.298. The van der Waals surface area contributed by atoms with Crippen molar-refractivity contribution in [1.82, 2.24) is 16.1 Å². The fourth-order valence-corrected chi connectivity index (χ4v) is 5.51. The minimum atomic E-state index is -0.476. The maximum Gasteiger partial charge on any atom is 0.250 e. The van der Waals surface area contributed by atoms with Gasteiger partial charge in [0, 0.05) is 29.6 Å². The van der Waals surface area contributed by atoms with E-state index in [1.807, 2.05) is 54.6 Å². The number of nitrogens with one attached hydrogen (secondary N) is 3. The second-order valence-corrected chi connectivity index (χ2v) is 10.0. The average Bonchev–Trinajstić information content (AvgIpc) is 2.95. The van der Waals surface area contributed by atoms with Crippen LogP contribution in [0.4, 0.5) is 0 Å². The molecule has 1 saturated carbocycles. The number of para-hydroxylation sites is 1. The molecule has 1 heterocycles. The summed E-state index contributed by atoms with van der Waals surface area (Å²) in [6.45, 7) is 0.998. The molecule has 5 rings (SSSR count). The molecular weight excluding hydrogens is 464 g/mol. The predicted molar refractivity (Wildman–Crippen MR) is 145 cm³/mol. The maximum atomic E-state index is 13.5. The normalized spacial score (nSPS) is 22.0. The van der Waals surface area contributed by atoms with Crippen LogP contribution in [0.5, 0.6) is 5.75 Å². The smallest absolute Gasteiger partial charge is 0.250 e. The van der Waals surface area contributed by atoms with Gasteiger partial charge in [-0.3, -0.25) is 25.8 Å². The standard InChI is InChI=1S/C30H36N4O3/c35-30(32-23-12-6-2-7-13-23)26-20-25-27(18-22(19-28(25)34-36)21-10-4-1-5-11-21)33-29(26)31-16-17-37-24-14-8-3-9-15-24/h1,3-5,8-11,14-15,20,22-23,29,31,34,36H,2,6-7,12-13,16-19H2,(H,32,35)/t22?,29-/m1/s1. The lowest BCUT2D eigenvalue weighted by Crippen LogP contribution is -2.45. The number of allylic oxidation sites excluding steroid dienone is 3. The highest BCUT2D eigenvalue weighted by molar-refractivity contribution is 6.09. The van der Waals surface area contributed by atoms with Crippen LogP contribution in [-0.2, 0) is 4.79 Å². The highest BCUT2D eigenvalue weighted by Gasteiger charge is 2.33. The third-order valence-corrected chi connectivity index (χ3v) is 7.47. The van der Waals surface area contributed by atoms with Crippen molar-refractivity contribution in [1.29, 1.82) is 0 Å². The van der Waals surface area contributed by atoms with Gasteiger partial charge in [-0.15, -0.1) is 0 Å². The summed E-state index contributed by atoms with van der Waals surface area (Å²) in [7, 11) is 0. The molecule has 1 amide bonds. The van der Waals surface area contributed by atoms with E-state index in [9.17, 15) is 10.0 Å². The van der Waals surface area contributed by atoms with Crippen LogP contribution >= 0.6 is 0 Å². The lowest BCUT2D eigenvalue weighted by atomic mass is 9.79. The summed E-state index contributed by atoms with van der Waals surface area (Å²) in [5.74, 6) is 0.921. The zero-order valence-corrected chi connectivity index (χ0v) is 21.2. The lowest BCUT2D eigenvalue weighted by Gasteiger charge is -2.33. The van der Waals surface area contributed by atoms with Crippen LogP contribution in [-0.4, -0.2) is 42.2 Å². The van der Waals surface area contributed by atoms with Gasteiger partial charge in [0.25, 0.3) is 5.91 Å². The second-order valence-electron chi connectivity index (χ2n) is 10.0. The Morgan fingerprint density at radius 1 is 0.973 bits per heavy atom. The minimum Gasteiger partial charge on any atom is -0.492 e. The Bertz CT molecular complexity index is 1150. The van der Waals surface area contributed by atoms with Crippen LogP contribution in [0.2, 0.25) is 0 Å². The first-order valence-corrected chi connectivity index (χ1v) is 13.4.